The molecule has 84 valence electrons. The molecule has 1 rings (SSSR count). The molecule has 1 N–H and O–H groups in total. The molecule has 14 heavy (non-hydrogen) atoms. The summed E-state index contributed by atoms with van der Waals surface area (Å²) >= 11 is 0. The van der Waals surface area contributed by atoms with Crippen molar-refractivity contribution in [2.45, 2.75) is 25.8 Å². The summed E-state index contributed by atoms with van der Waals surface area (Å²) in [5.74, 6) is 0.665. The maximum absolute atomic E-state index is 11.1. The van der Waals surface area contributed by atoms with Crippen LogP contribution in [0.1, 0.15) is 19.8 Å². The number of nitrogens with one attached hydrogen (secondary N) is 1. The van der Waals surface area contributed by atoms with Gasteiger partial charge in [-0.15, -0.1) is 0 Å². The van der Waals surface area contributed by atoms with Crippen LogP contribution < -0.4 is 5.32 Å². The molecule has 4 nitrogen and oxygen atoms in total. The topological polar surface area (TPSA) is 55.4 Å². The van der Waals surface area contributed by atoms with Crippen LogP contribution in [0.3, 0.4) is 0 Å². The molecule has 0 aromatic heterocycles. The third-order valence-electron chi connectivity index (χ3n) is 2.44. The fourth-order valence-corrected chi connectivity index (χ4v) is 3.07. The highest BCUT2D eigenvalue weighted by Gasteiger charge is 2.22. The van der Waals surface area contributed by atoms with Gasteiger partial charge in [0.1, 0.15) is 9.84 Å². The summed E-state index contributed by atoms with van der Waals surface area (Å²) in [6.45, 7) is 4.23. The van der Waals surface area contributed by atoms with Crippen LogP contribution in [-0.4, -0.2) is 45.7 Å². The smallest absolute Gasteiger partial charge is 0.150 e. The summed E-state index contributed by atoms with van der Waals surface area (Å²) in [7, 11) is -2.72. The molecule has 1 fully saturated rings. The highest BCUT2D eigenvalue weighted by molar-refractivity contribution is 7.91. The Hall–Kier alpha value is -0.130. The average molecular weight is 221 g/mol. The lowest BCUT2D eigenvalue weighted by Gasteiger charge is -2.22. The van der Waals surface area contributed by atoms with Gasteiger partial charge in [-0.05, 0) is 19.8 Å². The Morgan fingerprint density at radius 2 is 2.00 bits per heavy atom. The van der Waals surface area contributed by atoms with Gasteiger partial charge in [-0.25, -0.2) is 8.42 Å². The zero-order valence-corrected chi connectivity index (χ0v) is 9.48. The van der Waals surface area contributed by atoms with Crippen molar-refractivity contribution in [3.05, 3.63) is 0 Å². The maximum Gasteiger partial charge on any atom is 0.150 e. The van der Waals surface area contributed by atoms with Crippen LogP contribution in [0, 0.1) is 0 Å². The van der Waals surface area contributed by atoms with Crippen molar-refractivity contribution in [2.75, 3.05) is 31.3 Å². The molecule has 0 aromatic rings. The van der Waals surface area contributed by atoms with Crippen LogP contribution in [0.2, 0.25) is 0 Å². The van der Waals surface area contributed by atoms with E-state index in [2.05, 4.69) is 5.32 Å². The Kier molecular flexibility index (Phi) is 4.84. The van der Waals surface area contributed by atoms with E-state index in [0.717, 1.165) is 26.0 Å². The lowest BCUT2D eigenvalue weighted by molar-refractivity contribution is 0.146. The van der Waals surface area contributed by atoms with Gasteiger partial charge in [0.15, 0.2) is 0 Å². The van der Waals surface area contributed by atoms with Crippen molar-refractivity contribution in [3.63, 3.8) is 0 Å². The van der Waals surface area contributed by atoms with Gasteiger partial charge in [0, 0.05) is 19.2 Å². The van der Waals surface area contributed by atoms with Gasteiger partial charge in [-0.3, -0.25) is 0 Å². The first kappa shape index (κ1) is 11.9. The van der Waals surface area contributed by atoms with Crippen LogP contribution in [0.25, 0.3) is 0 Å². The quantitative estimate of drug-likeness (QED) is 0.673. The average Bonchev–Trinajstić information content (AvgIpc) is 2.15. The molecule has 1 aliphatic rings. The van der Waals surface area contributed by atoms with Crippen molar-refractivity contribution in [1.29, 1.82) is 0 Å². The van der Waals surface area contributed by atoms with E-state index in [-0.39, 0.29) is 0 Å². The number of hydrogen-bond acceptors (Lipinski definition) is 4. The van der Waals surface area contributed by atoms with E-state index in [1.165, 1.54) is 0 Å². The molecule has 0 saturated carbocycles. The van der Waals surface area contributed by atoms with Gasteiger partial charge in [-0.2, -0.15) is 0 Å². The summed E-state index contributed by atoms with van der Waals surface area (Å²) in [4.78, 5) is 0. The molecule has 0 atom stereocenters. The number of ether oxygens (including phenoxy) is 1. The van der Waals surface area contributed by atoms with Gasteiger partial charge >= 0.3 is 0 Å². The third-order valence-corrected chi connectivity index (χ3v) is 4.15. The standard InChI is InChI=1S/C9H19NO3S/c1-2-13-6-5-10-9-3-7-14(11,12)8-4-9/h9-10H,2-8H2,1H3. The van der Waals surface area contributed by atoms with Crippen LogP contribution in [0.4, 0.5) is 0 Å². The first-order chi connectivity index (χ1) is 6.64. The Morgan fingerprint density at radius 1 is 1.36 bits per heavy atom. The SMILES string of the molecule is CCOCCNC1CCS(=O)(=O)CC1. The molecule has 1 saturated heterocycles. The predicted octanol–water partition coefficient (Wildman–Crippen LogP) is 0.190. The van der Waals surface area contributed by atoms with Crippen LogP contribution >= 0.6 is 0 Å². The van der Waals surface area contributed by atoms with E-state index in [4.69, 9.17) is 4.74 Å². The fourth-order valence-electron chi connectivity index (χ4n) is 1.57. The molecule has 0 unspecified atom stereocenters. The van der Waals surface area contributed by atoms with E-state index in [9.17, 15) is 8.42 Å². The van der Waals surface area contributed by atoms with Gasteiger partial charge in [0.05, 0.1) is 18.1 Å². The molecule has 0 aliphatic carbocycles. The van der Waals surface area contributed by atoms with E-state index >= 15 is 0 Å². The van der Waals surface area contributed by atoms with Gasteiger partial charge in [0.2, 0.25) is 0 Å². The first-order valence-electron chi connectivity index (χ1n) is 5.15. The lowest BCUT2D eigenvalue weighted by Crippen LogP contribution is -2.39. The highest BCUT2D eigenvalue weighted by atomic mass is 32.2. The van der Waals surface area contributed by atoms with Crippen molar-refractivity contribution >= 4 is 9.84 Å². The summed E-state index contributed by atoms with van der Waals surface area (Å²) < 4.78 is 27.4. The van der Waals surface area contributed by atoms with Gasteiger partial charge in [-0.1, -0.05) is 0 Å². The minimum atomic E-state index is -2.72. The number of sulfone groups is 1. The summed E-state index contributed by atoms with van der Waals surface area (Å²) in [5.41, 5.74) is 0. The first-order valence-corrected chi connectivity index (χ1v) is 6.98. The summed E-state index contributed by atoms with van der Waals surface area (Å²) in [5, 5.41) is 3.30. The summed E-state index contributed by atoms with van der Waals surface area (Å²) in [6, 6.07) is 0.360. The van der Waals surface area contributed by atoms with E-state index in [0.29, 0.717) is 24.2 Å². The van der Waals surface area contributed by atoms with Crippen LogP contribution in [0.5, 0.6) is 0 Å². The molecule has 5 heteroatoms. The Bertz CT molecular complexity index is 237. The molecule has 0 aromatic carbocycles. The molecule has 0 radical (unpaired) electrons. The second-order valence-corrected chi connectivity index (χ2v) is 5.88. The molecule has 0 amide bonds. The van der Waals surface area contributed by atoms with E-state index in [1.54, 1.807) is 0 Å². The molecular formula is C9H19NO3S. The molecular weight excluding hydrogens is 202 g/mol. The second kappa shape index (κ2) is 5.68. The monoisotopic (exact) mass is 221 g/mol. The van der Waals surface area contributed by atoms with Crippen molar-refractivity contribution < 1.29 is 13.2 Å². The number of hydrogen-bond donors (Lipinski definition) is 1. The summed E-state index contributed by atoms with van der Waals surface area (Å²) in [6.07, 6.45) is 1.49. The molecule has 1 heterocycles. The van der Waals surface area contributed by atoms with Crippen molar-refractivity contribution in [1.82, 2.24) is 5.32 Å². The van der Waals surface area contributed by atoms with Gasteiger partial charge in [0.25, 0.3) is 0 Å². The van der Waals surface area contributed by atoms with Crippen molar-refractivity contribution in [2.24, 2.45) is 0 Å². The molecule has 0 spiro atoms. The Morgan fingerprint density at radius 3 is 2.57 bits per heavy atom. The highest BCUT2D eigenvalue weighted by Crippen LogP contribution is 2.11. The zero-order chi connectivity index (χ0) is 10.4. The second-order valence-electron chi connectivity index (χ2n) is 3.58. The van der Waals surface area contributed by atoms with Gasteiger partial charge < -0.3 is 10.1 Å². The molecule has 0 bridgehead atoms. The van der Waals surface area contributed by atoms with E-state index in [1.807, 2.05) is 6.92 Å². The Labute approximate surface area is 85.9 Å². The normalized spacial score (nSPS) is 22.4. The minimum absolute atomic E-state index is 0.333. The minimum Gasteiger partial charge on any atom is -0.380 e. The van der Waals surface area contributed by atoms with Crippen LogP contribution in [-0.2, 0) is 14.6 Å². The molecule has 1 aliphatic heterocycles. The van der Waals surface area contributed by atoms with E-state index < -0.39 is 9.84 Å². The van der Waals surface area contributed by atoms with Crippen LogP contribution in [0.15, 0.2) is 0 Å². The zero-order valence-electron chi connectivity index (χ0n) is 8.66. The Balaban J connectivity index is 2.10. The predicted molar refractivity (Wildman–Crippen MR) is 56.2 cm³/mol. The number of rotatable bonds is 5. The largest absolute Gasteiger partial charge is 0.380 e. The maximum atomic E-state index is 11.1. The third kappa shape index (κ3) is 4.39. The fraction of sp³-hybridized carbons (Fsp3) is 1.00. The van der Waals surface area contributed by atoms with Crippen molar-refractivity contribution in [3.8, 4) is 0 Å². The lowest BCUT2D eigenvalue weighted by atomic mass is 10.1.